The van der Waals surface area contributed by atoms with Gasteiger partial charge in [-0.1, -0.05) is 11.6 Å². The Kier molecular flexibility index (Phi) is 6.46. The molecule has 0 aliphatic rings. The number of nitrogens with one attached hydrogen (secondary N) is 1. The van der Waals surface area contributed by atoms with Crippen molar-refractivity contribution in [1.29, 1.82) is 0 Å². The van der Waals surface area contributed by atoms with Crippen molar-refractivity contribution >= 4 is 37.2 Å². The Bertz CT molecular complexity index is 631. The Morgan fingerprint density at radius 3 is 2.57 bits per heavy atom. The molecule has 5 nitrogen and oxygen atoms in total. The molecule has 0 aliphatic carbocycles. The fourth-order valence-electron chi connectivity index (χ4n) is 1.71. The molecule has 0 aliphatic heterocycles. The van der Waals surface area contributed by atoms with Crippen LogP contribution in [0.3, 0.4) is 0 Å². The Morgan fingerprint density at radius 2 is 2.05 bits per heavy atom. The van der Waals surface area contributed by atoms with E-state index in [0.29, 0.717) is 18.6 Å². The molecule has 21 heavy (non-hydrogen) atoms. The lowest BCUT2D eigenvalue weighted by Crippen LogP contribution is -2.33. The molecule has 0 radical (unpaired) electrons. The van der Waals surface area contributed by atoms with Gasteiger partial charge in [-0.15, -0.1) is 0 Å². The maximum atomic E-state index is 12.1. The molecule has 1 unspecified atom stereocenters. The summed E-state index contributed by atoms with van der Waals surface area (Å²) in [6, 6.07) is 2.52. The van der Waals surface area contributed by atoms with Gasteiger partial charge in [-0.05, 0) is 38.0 Å². The molecule has 0 heterocycles. The monoisotopic (exact) mass is 353 g/mol. The first-order chi connectivity index (χ1) is 9.66. The summed E-state index contributed by atoms with van der Waals surface area (Å²) in [5, 5.41) is 2.91. The van der Waals surface area contributed by atoms with E-state index in [1.807, 2.05) is 6.92 Å². The van der Waals surface area contributed by atoms with E-state index in [-0.39, 0.29) is 21.5 Å². The Balaban J connectivity index is 3.04. The average Bonchev–Trinajstić information content (AvgIpc) is 2.37. The minimum Gasteiger partial charge on any atom is -0.385 e. The van der Waals surface area contributed by atoms with E-state index >= 15 is 0 Å². The standard InChI is InChI=1S/C13H17Cl2NO4S/c1-8(4-5-20-3)16-13(17)10-6-11(14)9(2)12(7-10)21(15,18)19/h6-8H,4-5H2,1-3H3,(H,16,17). The van der Waals surface area contributed by atoms with Crippen LogP contribution in [0.25, 0.3) is 0 Å². The van der Waals surface area contributed by atoms with Crippen LogP contribution in [0, 0.1) is 6.92 Å². The van der Waals surface area contributed by atoms with E-state index in [2.05, 4.69) is 5.32 Å². The van der Waals surface area contributed by atoms with Crippen molar-refractivity contribution in [2.24, 2.45) is 0 Å². The highest BCUT2D eigenvalue weighted by Crippen LogP contribution is 2.27. The molecule has 0 bridgehead atoms. The van der Waals surface area contributed by atoms with Crippen molar-refractivity contribution in [2.75, 3.05) is 13.7 Å². The van der Waals surface area contributed by atoms with Gasteiger partial charge in [0.15, 0.2) is 0 Å². The molecule has 0 saturated heterocycles. The number of rotatable bonds is 6. The molecule has 1 N–H and O–H groups in total. The summed E-state index contributed by atoms with van der Waals surface area (Å²) in [6.07, 6.45) is 0.641. The maximum Gasteiger partial charge on any atom is 0.261 e. The van der Waals surface area contributed by atoms with Gasteiger partial charge in [0.1, 0.15) is 0 Å². The highest BCUT2D eigenvalue weighted by molar-refractivity contribution is 8.13. The van der Waals surface area contributed by atoms with Crippen molar-refractivity contribution in [3.05, 3.63) is 28.3 Å². The molecule has 0 fully saturated rings. The van der Waals surface area contributed by atoms with Crippen LogP contribution in [0.4, 0.5) is 0 Å². The van der Waals surface area contributed by atoms with Gasteiger partial charge in [0.05, 0.1) is 4.90 Å². The third-order valence-corrected chi connectivity index (χ3v) is 4.79. The Hall–Kier alpha value is -0.820. The Morgan fingerprint density at radius 1 is 1.43 bits per heavy atom. The second-order valence-electron chi connectivity index (χ2n) is 4.68. The maximum absolute atomic E-state index is 12.1. The minimum atomic E-state index is -3.97. The molecule has 1 aromatic carbocycles. The zero-order chi connectivity index (χ0) is 16.2. The van der Waals surface area contributed by atoms with Gasteiger partial charge in [0.25, 0.3) is 15.0 Å². The summed E-state index contributed by atoms with van der Waals surface area (Å²) >= 11 is 5.97. The van der Waals surface area contributed by atoms with E-state index in [0.717, 1.165) is 0 Å². The molecule has 1 aromatic rings. The highest BCUT2D eigenvalue weighted by atomic mass is 35.7. The van der Waals surface area contributed by atoms with Crippen LogP contribution in [0.5, 0.6) is 0 Å². The largest absolute Gasteiger partial charge is 0.385 e. The van der Waals surface area contributed by atoms with Gasteiger partial charge < -0.3 is 10.1 Å². The minimum absolute atomic E-state index is 0.117. The molecule has 0 spiro atoms. The number of halogens is 2. The van der Waals surface area contributed by atoms with Crippen molar-refractivity contribution in [3.63, 3.8) is 0 Å². The van der Waals surface area contributed by atoms with Gasteiger partial charge in [0.2, 0.25) is 0 Å². The van der Waals surface area contributed by atoms with Crippen LogP contribution < -0.4 is 5.32 Å². The molecule has 1 rings (SSSR count). The number of hydrogen-bond donors (Lipinski definition) is 1. The first-order valence-electron chi connectivity index (χ1n) is 6.21. The topological polar surface area (TPSA) is 72.5 Å². The summed E-state index contributed by atoms with van der Waals surface area (Å²) in [5.74, 6) is -0.415. The lowest BCUT2D eigenvalue weighted by Gasteiger charge is -2.14. The summed E-state index contributed by atoms with van der Waals surface area (Å²) in [7, 11) is 2.96. The number of amides is 1. The molecular formula is C13H17Cl2NO4S. The van der Waals surface area contributed by atoms with Gasteiger partial charge in [0, 0.05) is 41.0 Å². The van der Waals surface area contributed by atoms with E-state index in [4.69, 9.17) is 27.0 Å². The molecule has 1 atom stereocenters. The predicted molar refractivity (Wildman–Crippen MR) is 82.6 cm³/mol. The molecule has 1 amide bonds. The average molecular weight is 354 g/mol. The van der Waals surface area contributed by atoms with Crippen molar-refractivity contribution in [2.45, 2.75) is 31.2 Å². The van der Waals surface area contributed by atoms with E-state index in [1.54, 1.807) is 7.11 Å². The van der Waals surface area contributed by atoms with Crippen molar-refractivity contribution in [3.8, 4) is 0 Å². The van der Waals surface area contributed by atoms with Gasteiger partial charge in [-0.3, -0.25) is 4.79 Å². The second-order valence-corrected chi connectivity index (χ2v) is 7.62. The molecule has 0 aromatic heterocycles. The second kappa shape index (κ2) is 7.45. The van der Waals surface area contributed by atoms with Crippen LogP contribution in [-0.4, -0.2) is 34.1 Å². The van der Waals surface area contributed by atoms with Crippen LogP contribution >= 0.6 is 22.3 Å². The summed E-state index contributed by atoms with van der Waals surface area (Å²) in [6.45, 7) is 3.86. The van der Waals surface area contributed by atoms with Crippen molar-refractivity contribution < 1.29 is 17.9 Å². The first-order valence-corrected chi connectivity index (χ1v) is 8.90. The smallest absolute Gasteiger partial charge is 0.261 e. The first kappa shape index (κ1) is 18.2. The quantitative estimate of drug-likeness (QED) is 0.798. The van der Waals surface area contributed by atoms with Crippen LogP contribution in [0.2, 0.25) is 5.02 Å². The number of ether oxygens (including phenoxy) is 1. The summed E-state index contributed by atoms with van der Waals surface area (Å²) in [5.41, 5.74) is 0.463. The lowest BCUT2D eigenvalue weighted by atomic mass is 10.1. The molecule has 118 valence electrons. The van der Waals surface area contributed by atoms with Crippen LogP contribution in [-0.2, 0) is 13.8 Å². The van der Waals surface area contributed by atoms with Gasteiger partial charge in [-0.25, -0.2) is 8.42 Å². The fourth-order valence-corrected chi connectivity index (χ4v) is 3.21. The SMILES string of the molecule is COCCC(C)NC(=O)c1cc(Cl)c(C)c(S(=O)(=O)Cl)c1. The zero-order valence-corrected chi connectivity index (χ0v) is 14.3. The fraction of sp³-hybridized carbons (Fsp3) is 0.462. The van der Waals surface area contributed by atoms with E-state index < -0.39 is 15.0 Å². The summed E-state index contributed by atoms with van der Waals surface area (Å²) < 4.78 is 27.9. The third kappa shape index (κ3) is 5.14. The lowest BCUT2D eigenvalue weighted by molar-refractivity contribution is 0.0929. The predicted octanol–water partition coefficient (Wildman–Crippen LogP) is 2.73. The zero-order valence-electron chi connectivity index (χ0n) is 11.9. The number of methoxy groups -OCH3 is 1. The highest BCUT2D eigenvalue weighted by Gasteiger charge is 2.20. The number of hydrogen-bond acceptors (Lipinski definition) is 4. The molecular weight excluding hydrogens is 337 g/mol. The number of carbonyl (C=O) groups excluding carboxylic acids is 1. The van der Waals surface area contributed by atoms with E-state index in [1.165, 1.54) is 19.1 Å². The summed E-state index contributed by atoms with van der Waals surface area (Å²) in [4.78, 5) is 12.0. The number of carbonyl (C=O) groups is 1. The van der Waals surface area contributed by atoms with Gasteiger partial charge in [-0.2, -0.15) is 0 Å². The molecule has 0 saturated carbocycles. The van der Waals surface area contributed by atoms with Gasteiger partial charge >= 0.3 is 0 Å². The Labute approximate surface area is 134 Å². The molecule has 8 heteroatoms. The van der Waals surface area contributed by atoms with Crippen LogP contribution in [0.1, 0.15) is 29.3 Å². The number of benzene rings is 1. The normalized spacial score (nSPS) is 13.0. The third-order valence-electron chi connectivity index (χ3n) is 2.95. The van der Waals surface area contributed by atoms with Crippen LogP contribution in [0.15, 0.2) is 17.0 Å². The van der Waals surface area contributed by atoms with Crippen molar-refractivity contribution in [1.82, 2.24) is 5.32 Å². The van der Waals surface area contributed by atoms with E-state index in [9.17, 15) is 13.2 Å².